The zero-order chi connectivity index (χ0) is 16.8. The molecule has 1 aliphatic rings. The van der Waals surface area contributed by atoms with Gasteiger partial charge in [-0.1, -0.05) is 6.92 Å². The summed E-state index contributed by atoms with van der Waals surface area (Å²) in [6, 6.07) is 7.50. The van der Waals surface area contributed by atoms with Gasteiger partial charge in [0.1, 0.15) is 12.4 Å². The van der Waals surface area contributed by atoms with Gasteiger partial charge < -0.3 is 14.4 Å². The standard InChI is InChI=1S/C17H21FN4O2/c1-2-13(11-18)12-24-15-5-3-14(4-6-15)16-19-17(21-20-16)22-7-9-23-10-8-22/h3-6,11H,2,7-10,12H2,1H3,(H,19,20,21)/b13-11+. The Kier molecular flexibility index (Phi) is 5.43. The number of morpholine rings is 1. The molecule has 2 heterocycles. The van der Waals surface area contributed by atoms with Gasteiger partial charge in [0.25, 0.3) is 0 Å². The third kappa shape index (κ3) is 3.91. The van der Waals surface area contributed by atoms with Crippen molar-refractivity contribution in [3.8, 4) is 17.1 Å². The number of halogens is 1. The van der Waals surface area contributed by atoms with Gasteiger partial charge in [0.15, 0.2) is 5.82 Å². The number of aromatic amines is 1. The predicted octanol–water partition coefficient (Wildman–Crippen LogP) is 2.95. The number of ether oxygens (including phenoxy) is 2. The van der Waals surface area contributed by atoms with Gasteiger partial charge in [0, 0.05) is 18.7 Å². The van der Waals surface area contributed by atoms with E-state index < -0.39 is 0 Å². The van der Waals surface area contributed by atoms with Gasteiger partial charge in [0.2, 0.25) is 5.95 Å². The molecule has 128 valence electrons. The maximum atomic E-state index is 12.5. The molecule has 6 nitrogen and oxygen atoms in total. The average Bonchev–Trinajstić information content (AvgIpc) is 3.14. The molecule has 0 aliphatic carbocycles. The molecule has 0 amide bonds. The molecule has 1 aliphatic heterocycles. The monoisotopic (exact) mass is 332 g/mol. The Bertz CT molecular complexity index is 678. The van der Waals surface area contributed by atoms with Crippen LogP contribution in [-0.2, 0) is 4.74 Å². The van der Waals surface area contributed by atoms with Crippen LogP contribution in [0.25, 0.3) is 11.4 Å². The van der Waals surface area contributed by atoms with Gasteiger partial charge in [-0.3, -0.25) is 5.10 Å². The number of hydrogen-bond donors (Lipinski definition) is 1. The largest absolute Gasteiger partial charge is 0.489 e. The first-order chi connectivity index (χ1) is 11.8. The zero-order valence-corrected chi connectivity index (χ0v) is 13.7. The minimum Gasteiger partial charge on any atom is -0.489 e. The van der Waals surface area contributed by atoms with Crippen LogP contribution in [0.3, 0.4) is 0 Å². The van der Waals surface area contributed by atoms with Crippen molar-refractivity contribution in [2.24, 2.45) is 0 Å². The fourth-order valence-electron chi connectivity index (χ4n) is 2.38. The van der Waals surface area contributed by atoms with Gasteiger partial charge in [-0.05, 0) is 36.3 Å². The van der Waals surface area contributed by atoms with E-state index in [1.165, 1.54) is 0 Å². The van der Waals surface area contributed by atoms with E-state index in [1.807, 2.05) is 31.2 Å². The van der Waals surface area contributed by atoms with Crippen molar-refractivity contribution in [1.82, 2.24) is 15.2 Å². The number of H-pyrrole nitrogens is 1. The molecule has 2 aromatic rings. The highest BCUT2D eigenvalue weighted by Gasteiger charge is 2.16. The molecule has 24 heavy (non-hydrogen) atoms. The summed E-state index contributed by atoms with van der Waals surface area (Å²) in [5, 5.41) is 7.24. The summed E-state index contributed by atoms with van der Waals surface area (Å²) in [4.78, 5) is 6.63. The third-order valence-electron chi connectivity index (χ3n) is 3.93. The molecule has 0 radical (unpaired) electrons. The van der Waals surface area contributed by atoms with E-state index in [0.717, 1.165) is 18.7 Å². The van der Waals surface area contributed by atoms with Crippen LogP contribution in [0, 0.1) is 0 Å². The quantitative estimate of drug-likeness (QED) is 0.881. The molecular formula is C17H21FN4O2. The van der Waals surface area contributed by atoms with Gasteiger partial charge in [-0.15, -0.1) is 5.10 Å². The SMILES string of the molecule is CC/C(=C\F)COc1ccc(-c2nc(N3CCOCC3)n[nH]2)cc1. The molecule has 0 unspecified atom stereocenters. The molecule has 1 N–H and O–H groups in total. The lowest BCUT2D eigenvalue weighted by molar-refractivity contribution is 0.122. The number of nitrogens with zero attached hydrogens (tertiary/aromatic N) is 3. The van der Waals surface area contributed by atoms with Crippen molar-refractivity contribution in [2.75, 3.05) is 37.8 Å². The van der Waals surface area contributed by atoms with E-state index in [4.69, 9.17) is 9.47 Å². The molecule has 1 aromatic carbocycles. The zero-order valence-electron chi connectivity index (χ0n) is 13.7. The number of anilines is 1. The van der Waals surface area contributed by atoms with Crippen LogP contribution in [-0.4, -0.2) is 48.1 Å². The maximum absolute atomic E-state index is 12.5. The van der Waals surface area contributed by atoms with Gasteiger partial charge in [-0.25, -0.2) is 4.39 Å². The highest BCUT2D eigenvalue weighted by Crippen LogP contribution is 2.22. The second-order valence-corrected chi connectivity index (χ2v) is 5.52. The van der Waals surface area contributed by atoms with E-state index in [9.17, 15) is 4.39 Å². The minimum atomic E-state index is 0.260. The Morgan fingerprint density at radius 1 is 1.33 bits per heavy atom. The highest BCUT2D eigenvalue weighted by molar-refractivity contribution is 5.57. The van der Waals surface area contributed by atoms with Gasteiger partial charge in [0.05, 0.1) is 19.5 Å². The summed E-state index contributed by atoms with van der Waals surface area (Å²) in [6.45, 7) is 5.15. The van der Waals surface area contributed by atoms with Crippen LogP contribution in [0.4, 0.5) is 10.3 Å². The van der Waals surface area contributed by atoms with Crippen molar-refractivity contribution in [3.05, 3.63) is 36.2 Å². The summed E-state index contributed by atoms with van der Waals surface area (Å²) in [5.74, 6) is 2.09. The number of nitrogens with one attached hydrogen (secondary N) is 1. The fraction of sp³-hybridized carbons (Fsp3) is 0.412. The average molecular weight is 332 g/mol. The molecule has 7 heteroatoms. The summed E-state index contributed by atoms with van der Waals surface area (Å²) in [5.41, 5.74) is 1.55. The van der Waals surface area contributed by atoms with E-state index in [-0.39, 0.29) is 6.61 Å². The molecule has 1 saturated heterocycles. The Morgan fingerprint density at radius 3 is 2.75 bits per heavy atom. The van der Waals surface area contributed by atoms with Gasteiger partial charge in [-0.2, -0.15) is 4.98 Å². The van der Waals surface area contributed by atoms with Crippen molar-refractivity contribution in [3.63, 3.8) is 0 Å². The number of aromatic nitrogens is 3. The third-order valence-corrected chi connectivity index (χ3v) is 3.93. The molecule has 1 aromatic heterocycles. The second-order valence-electron chi connectivity index (χ2n) is 5.52. The number of rotatable bonds is 6. The van der Waals surface area contributed by atoms with Crippen LogP contribution >= 0.6 is 0 Å². The van der Waals surface area contributed by atoms with Crippen molar-refractivity contribution in [1.29, 1.82) is 0 Å². The molecule has 0 bridgehead atoms. The molecule has 0 atom stereocenters. The number of benzene rings is 1. The first kappa shape index (κ1) is 16.4. The Labute approximate surface area is 140 Å². The van der Waals surface area contributed by atoms with Crippen molar-refractivity contribution >= 4 is 5.95 Å². The number of hydrogen-bond acceptors (Lipinski definition) is 5. The van der Waals surface area contributed by atoms with Crippen LogP contribution < -0.4 is 9.64 Å². The normalized spacial score (nSPS) is 15.6. The Morgan fingerprint density at radius 2 is 2.08 bits per heavy atom. The van der Waals surface area contributed by atoms with E-state index in [0.29, 0.717) is 49.1 Å². The fourth-order valence-corrected chi connectivity index (χ4v) is 2.38. The van der Waals surface area contributed by atoms with Crippen molar-refractivity contribution < 1.29 is 13.9 Å². The Hall–Kier alpha value is -2.41. The lowest BCUT2D eigenvalue weighted by Gasteiger charge is -2.25. The topological polar surface area (TPSA) is 63.3 Å². The highest BCUT2D eigenvalue weighted by atomic mass is 19.1. The first-order valence-corrected chi connectivity index (χ1v) is 8.06. The molecular weight excluding hydrogens is 311 g/mol. The minimum absolute atomic E-state index is 0.260. The van der Waals surface area contributed by atoms with Crippen molar-refractivity contribution in [2.45, 2.75) is 13.3 Å². The van der Waals surface area contributed by atoms with Crippen LogP contribution in [0.1, 0.15) is 13.3 Å². The summed E-state index contributed by atoms with van der Waals surface area (Å²) < 4.78 is 23.4. The predicted molar refractivity (Wildman–Crippen MR) is 89.8 cm³/mol. The first-order valence-electron chi connectivity index (χ1n) is 8.06. The van der Waals surface area contributed by atoms with Crippen LogP contribution in [0.5, 0.6) is 5.75 Å². The smallest absolute Gasteiger partial charge is 0.245 e. The van der Waals surface area contributed by atoms with Crippen LogP contribution in [0.2, 0.25) is 0 Å². The molecule has 1 fully saturated rings. The van der Waals surface area contributed by atoms with E-state index in [2.05, 4.69) is 20.1 Å². The lowest BCUT2D eigenvalue weighted by Crippen LogP contribution is -2.36. The van der Waals surface area contributed by atoms with E-state index in [1.54, 1.807) is 0 Å². The summed E-state index contributed by atoms with van der Waals surface area (Å²) in [6.07, 6.45) is 1.24. The summed E-state index contributed by atoms with van der Waals surface area (Å²) >= 11 is 0. The summed E-state index contributed by atoms with van der Waals surface area (Å²) in [7, 11) is 0. The second kappa shape index (κ2) is 7.92. The van der Waals surface area contributed by atoms with E-state index >= 15 is 0 Å². The Balaban J connectivity index is 1.64. The molecule has 0 saturated carbocycles. The molecule has 0 spiro atoms. The van der Waals surface area contributed by atoms with Gasteiger partial charge >= 0.3 is 0 Å². The lowest BCUT2D eigenvalue weighted by atomic mass is 10.2. The van der Waals surface area contributed by atoms with Crippen LogP contribution in [0.15, 0.2) is 36.2 Å². The maximum Gasteiger partial charge on any atom is 0.245 e. The molecule has 3 rings (SSSR count).